The van der Waals surface area contributed by atoms with Crippen molar-refractivity contribution >= 4 is 17.5 Å². The molecule has 1 aromatic heterocycles. The van der Waals surface area contributed by atoms with Crippen LogP contribution in [0.1, 0.15) is 15.9 Å². The smallest absolute Gasteiger partial charge is 0.251 e. The van der Waals surface area contributed by atoms with Crippen LogP contribution in [-0.2, 0) is 11.2 Å². The summed E-state index contributed by atoms with van der Waals surface area (Å²) in [6, 6.07) is 10.8. The number of hydrogen-bond acceptors (Lipinski definition) is 4. The molecule has 1 amide bonds. The van der Waals surface area contributed by atoms with Gasteiger partial charge in [-0.15, -0.1) is 0 Å². The highest BCUT2D eigenvalue weighted by molar-refractivity contribution is 6.30. The third kappa shape index (κ3) is 5.88. The maximum atomic E-state index is 12.1. The molecule has 23 heavy (non-hydrogen) atoms. The van der Waals surface area contributed by atoms with Gasteiger partial charge in [-0.25, -0.2) is 4.98 Å². The number of amides is 1. The van der Waals surface area contributed by atoms with E-state index in [2.05, 4.69) is 10.3 Å². The zero-order chi connectivity index (χ0) is 16.5. The van der Waals surface area contributed by atoms with Crippen molar-refractivity contribution in [2.45, 2.75) is 6.42 Å². The normalized spacial score (nSPS) is 10.3. The Labute approximate surface area is 140 Å². The van der Waals surface area contributed by atoms with Crippen LogP contribution in [-0.4, -0.2) is 37.8 Å². The van der Waals surface area contributed by atoms with E-state index >= 15 is 0 Å². The molecule has 1 N–H and O–H groups in total. The van der Waals surface area contributed by atoms with Crippen LogP contribution in [0.2, 0.25) is 5.02 Å². The van der Waals surface area contributed by atoms with Crippen molar-refractivity contribution < 1.29 is 14.3 Å². The zero-order valence-electron chi connectivity index (χ0n) is 12.9. The van der Waals surface area contributed by atoms with Gasteiger partial charge < -0.3 is 14.8 Å². The Bertz CT molecular complexity index is 632. The number of carbonyl (C=O) groups excluding carboxylic acids is 1. The summed E-state index contributed by atoms with van der Waals surface area (Å²) in [5.41, 5.74) is 1.64. The van der Waals surface area contributed by atoms with Gasteiger partial charge in [0.1, 0.15) is 6.61 Å². The fraction of sp³-hybridized carbons (Fsp3) is 0.294. The van der Waals surface area contributed by atoms with Crippen molar-refractivity contribution in [3.8, 4) is 5.88 Å². The minimum absolute atomic E-state index is 0.155. The van der Waals surface area contributed by atoms with E-state index in [1.54, 1.807) is 25.4 Å². The fourth-order valence-corrected chi connectivity index (χ4v) is 2.06. The number of pyridine rings is 1. The molecular formula is C17H19ClN2O3. The standard InChI is InChI=1S/C17H19ClN2O3/c1-22-10-11-23-16-12-14(7-9-19-16)17(21)20-8-6-13-2-4-15(18)5-3-13/h2-5,7,9,12H,6,8,10-11H2,1H3,(H,20,21). The molecule has 2 aromatic rings. The number of nitrogens with zero attached hydrogens (tertiary/aromatic N) is 1. The second-order valence-electron chi connectivity index (χ2n) is 4.86. The van der Waals surface area contributed by atoms with E-state index in [0.717, 1.165) is 12.0 Å². The first-order valence-electron chi connectivity index (χ1n) is 7.29. The van der Waals surface area contributed by atoms with Crippen molar-refractivity contribution in [1.29, 1.82) is 0 Å². The molecule has 0 saturated heterocycles. The van der Waals surface area contributed by atoms with Crippen LogP contribution in [0.25, 0.3) is 0 Å². The Morgan fingerprint density at radius 2 is 2.00 bits per heavy atom. The Balaban J connectivity index is 1.82. The first-order valence-corrected chi connectivity index (χ1v) is 7.67. The number of aromatic nitrogens is 1. The van der Waals surface area contributed by atoms with Crippen LogP contribution in [0.15, 0.2) is 42.6 Å². The lowest BCUT2D eigenvalue weighted by Crippen LogP contribution is -2.25. The quantitative estimate of drug-likeness (QED) is 0.754. The molecule has 0 fully saturated rings. The number of benzene rings is 1. The predicted molar refractivity (Wildman–Crippen MR) is 89.1 cm³/mol. The molecule has 6 heteroatoms. The summed E-state index contributed by atoms with van der Waals surface area (Å²) in [6.45, 7) is 1.41. The van der Waals surface area contributed by atoms with E-state index in [0.29, 0.717) is 36.2 Å². The molecule has 0 spiro atoms. The molecule has 0 saturated carbocycles. The van der Waals surface area contributed by atoms with Gasteiger partial charge in [0.05, 0.1) is 6.61 Å². The summed E-state index contributed by atoms with van der Waals surface area (Å²) in [6.07, 6.45) is 2.29. The van der Waals surface area contributed by atoms with Crippen LogP contribution in [0, 0.1) is 0 Å². The first kappa shape index (κ1) is 17.2. The molecule has 1 aromatic carbocycles. The zero-order valence-corrected chi connectivity index (χ0v) is 13.7. The van der Waals surface area contributed by atoms with E-state index in [9.17, 15) is 4.79 Å². The third-order valence-electron chi connectivity index (χ3n) is 3.15. The first-order chi connectivity index (χ1) is 11.2. The van der Waals surface area contributed by atoms with Gasteiger partial charge in [0.25, 0.3) is 5.91 Å². The SMILES string of the molecule is COCCOc1cc(C(=O)NCCc2ccc(Cl)cc2)ccn1. The number of ether oxygens (including phenoxy) is 2. The second kappa shape index (κ2) is 9.12. The summed E-state index contributed by atoms with van der Waals surface area (Å²) in [5.74, 6) is 0.255. The van der Waals surface area contributed by atoms with Crippen molar-refractivity contribution in [3.63, 3.8) is 0 Å². The van der Waals surface area contributed by atoms with Gasteiger partial charge in [0.2, 0.25) is 5.88 Å². The Kier molecular flexibility index (Phi) is 6.84. The van der Waals surface area contributed by atoms with E-state index in [1.807, 2.05) is 24.3 Å². The van der Waals surface area contributed by atoms with E-state index in [4.69, 9.17) is 21.1 Å². The van der Waals surface area contributed by atoms with Crippen LogP contribution in [0.5, 0.6) is 5.88 Å². The number of rotatable bonds is 8. The van der Waals surface area contributed by atoms with Crippen molar-refractivity contribution in [1.82, 2.24) is 10.3 Å². The minimum atomic E-state index is -0.155. The summed E-state index contributed by atoms with van der Waals surface area (Å²) < 4.78 is 10.3. The molecule has 0 aliphatic heterocycles. The number of halogens is 1. The summed E-state index contributed by atoms with van der Waals surface area (Å²) >= 11 is 5.84. The largest absolute Gasteiger partial charge is 0.475 e. The van der Waals surface area contributed by atoms with Crippen molar-refractivity contribution in [3.05, 3.63) is 58.7 Å². The minimum Gasteiger partial charge on any atom is -0.475 e. The highest BCUT2D eigenvalue weighted by Gasteiger charge is 2.07. The summed E-state index contributed by atoms with van der Waals surface area (Å²) in [7, 11) is 1.60. The lowest BCUT2D eigenvalue weighted by molar-refractivity contribution is 0.0953. The molecule has 0 aliphatic rings. The maximum absolute atomic E-state index is 12.1. The topological polar surface area (TPSA) is 60.5 Å². The average molecular weight is 335 g/mol. The molecule has 122 valence electrons. The highest BCUT2D eigenvalue weighted by atomic mass is 35.5. The van der Waals surface area contributed by atoms with Crippen LogP contribution in [0.3, 0.4) is 0 Å². The Morgan fingerprint density at radius 1 is 1.22 bits per heavy atom. The van der Waals surface area contributed by atoms with Gasteiger partial charge in [0.15, 0.2) is 0 Å². The van der Waals surface area contributed by atoms with Crippen LogP contribution in [0.4, 0.5) is 0 Å². The summed E-state index contributed by atoms with van der Waals surface area (Å²) in [4.78, 5) is 16.2. The molecule has 0 radical (unpaired) electrons. The van der Waals surface area contributed by atoms with Gasteiger partial charge in [-0.3, -0.25) is 4.79 Å². The van der Waals surface area contributed by atoms with Crippen molar-refractivity contribution in [2.75, 3.05) is 26.9 Å². The Morgan fingerprint density at radius 3 is 2.74 bits per heavy atom. The summed E-state index contributed by atoms with van der Waals surface area (Å²) in [5, 5.41) is 3.58. The van der Waals surface area contributed by atoms with E-state index in [1.165, 1.54) is 0 Å². The van der Waals surface area contributed by atoms with Gasteiger partial charge >= 0.3 is 0 Å². The van der Waals surface area contributed by atoms with Crippen LogP contribution >= 0.6 is 11.6 Å². The monoisotopic (exact) mass is 334 g/mol. The second-order valence-corrected chi connectivity index (χ2v) is 5.29. The lowest BCUT2D eigenvalue weighted by Gasteiger charge is -2.08. The number of nitrogens with one attached hydrogen (secondary N) is 1. The third-order valence-corrected chi connectivity index (χ3v) is 3.40. The highest BCUT2D eigenvalue weighted by Crippen LogP contribution is 2.11. The predicted octanol–water partition coefficient (Wildman–Crippen LogP) is 2.73. The Hall–Kier alpha value is -2.11. The molecule has 2 rings (SSSR count). The average Bonchev–Trinajstić information content (AvgIpc) is 2.57. The molecule has 0 unspecified atom stereocenters. The number of hydrogen-bond donors (Lipinski definition) is 1. The van der Waals surface area contributed by atoms with E-state index in [-0.39, 0.29) is 5.91 Å². The van der Waals surface area contributed by atoms with Gasteiger partial charge in [-0.05, 0) is 30.2 Å². The number of carbonyl (C=O) groups is 1. The molecule has 0 atom stereocenters. The van der Waals surface area contributed by atoms with Gasteiger partial charge in [0, 0.05) is 36.5 Å². The lowest BCUT2D eigenvalue weighted by atomic mass is 10.1. The molecular weight excluding hydrogens is 316 g/mol. The van der Waals surface area contributed by atoms with Gasteiger partial charge in [-0.1, -0.05) is 23.7 Å². The van der Waals surface area contributed by atoms with Gasteiger partial charge in [-0.2, -0.15) is 0 Å². The maximum Gasteiger partial charge on any atom is 0.251 e. The van der Waals surface area contributed by atoms with Crippen LogP contribution < -0.4 is 10.1 Å². The molecule has 0 aliphatic carbocycles. The number of methoxy groups -OCH3 is 1. The van der Waals surface area contributed by atoms with Crippen molar-refractivity contribution in [2.24, 2.45) is 0 Å². The van der Waals surface area contributed by atoms with E-state index < -0.39 is 0 Å². The molecule has 1 heterocycles. The molecule has 5 nitrogen and oxygen atoms in total. The molecule has 0 bridgehead atoms. The fourth-order valence-electron chi connectivity index (χ4n) is 1.93.